The van der Waals surface area contributed by atoms with Gasteiger partial charge in [0.25, 0.3) is 0 Å². The van der Waals surface area contributed by atoms with Crippen molar-refractivity contribution in [2.45, 2.75) is 0 Å². The number of hydrogen-bond donors (Lipinski definition) is 0. The molecule has 0 saturated heterocycles. The summed E-state index contributed by atoms with van der Waals surface area (Å²) in [6.45, 7) is 0. The molecule has 1 aliphatic heterocycles. The SMILES string of the molecule is [2H]c1ccc([2H])c2c(-c3ccccc3-c3ccccc3)c3c([2H])ccc([2H])c3c(-c3ccc4c(c3)-c3cccc5cccc(c35)O4)c12. The first-order valence-corrected chi connectivity index (χ1v) is 14.4. The molecule has 200 valence electrons. The van der Waals surface area contributed by atoms with Gasteiger partial charge in [0.2, 0.25) is 0 Å². The van der Waals surface area contributed by atoms with Crippen LogP contribution in [-0.2, 0) is 0 Å². The molecule has 1 heterocycles. The van der Waals surface area contributed by atoms with E-state index in [4.69, 9.17) is 4.74 Å². The van der Waals surface area contributed by atoms with Crippen molar-refractivity contribution in [2.24, 2.45) is 0 Å². The number of benzene rings is 8. The average molecular weight is 551 g/mol. The highest BCUT2D eigenvalue weighted by Gasteiger charge is 2.23. The van der Waals surface area contributed by atoms with E-state index in [1.165, 1.54) is 0 Å². The summed E-state index contributed by atoms with van der Waals surface area (Å²) in [7, 11) is 0. The van der Waals surface area contributed by atoms with Crippen LogP contribution >= 0.6 is 0 Å². The van der Waals surface area contributed by atoms with Gasteiger partial charge in [-0.1, -0.05) is 139 Å². The second-order valence-electron chi connectivity index (χ2n) is 10.9. The van der Waals surface area contributed by atoms with Crippen molar-refractivity contribution in [1.82, 2.24) is 0 Å². The molecular formula is C42H26O. The molecule has 0 aliphatic carbocycles. The largest absolute Gasteiger partial charge is 0.456 e. The van der Waals surface area contributed by atoms with Crippen LogP contribution in [0.1, 0.15) is 5.48 Å². The third-order valence-corrected chi connectivity index (χ3v) is 8.50. The van der Waals surface area contributed by atoms with Crippen molar-refractivity contribution in [1.29, 1.82) is 0 Å². The van der Waals surface area contributed by atoms with Crippen LogP contribution in [0.25, 0.3) is 76.8 Å². The first-order valence-electron chi connectivity index (χ1n) is 16.4. The fraction of sp³-hybridized carbons (Fsp3) is 0. The minimum absolute atomic E-state index is 0.266. The van der Waals surface area contributed by atoms with Gasteiger partial charge in [-0.05, 0) is 84.1 Å². The molecule has 9 rings (SSSR count). The van der Waals surface area contributed by atoms with Crippen LogP contribution in [0.2, 0.25) is 0 Å². The summed E-state index contributed by atoms with van der Waals surface area (Å²) in [6.07, 6.45) is 0. The fourth-order valence-electron chi connectivity index (χ4n) is 6.68. The lowest BCUT2D eigenvalue weighted by molar-refractivity contribution is 0.487. The summed E-state index contributed by atoms with van der Waals surface area (Å²) in [5.41, 5.74) is 7.02. The third kappa shape index (κ3) is 3.65. The average Bonchev–Trinajstić information content (AvgIpc) is 3.11. The van der Waals surface area contributed by atoms with Gasteiger partial charge >= 0.3 is 0 Å². The summed E-state index contributed by atoms with van der Waals surface area (Å²) in [5, 5.41) is 4.53. The van der Waals surface area contributed by atoms with Crippen molar-refractivity contribution < 1.29 is 10.2 Å². The van der Waals surface area contributed by atoms with Crippen LogP contribution in [0.15, 0.2) is 158 Å². The van der Waals surface area contributed by atoms with E-state index in [1.807, 2.05) is 60.7 Å². The lowest BCUT2D eigenvalue weighted by Crippen LogP contribution is -1.98. The predicted molar refractivity (Wildman–Crippen MR) is 181 cm³/mol. The molecule has 0 atom stereocenters. The molecule has 1 nitrogen and oxygen atoms in total. The summed E-state index contributed by atoms with van der Waals surface area (Å²) >= 11 is 0. The van der Waals surface area contributed by atoms with Crippen LogP contribution < -0.4 is 4.74 Å². The Labute approximate surface area is 255 Å². The lowest BCUT2D eigenvalue weighted by atomic mass is 9.83. The second-order valence-corrected chi connectivity index (χ2v) is 10.9. The lowest BCUT2D eigenvalue weighted by Gasteiger charge is -2.23. The molecule has 8 aromatic carbocycles. The number of fused-ring (bicyclic) bond motifs is 4. The molecule has 0 saturated carbocycles. The summed E-state index contributed by atoms with van der Waals surface area (Å²) in [4.78, 5) is 0. The third-order valence-electron chi connectivity index (χ3n) is 8.50. The minimum atomic E-state index is 0.266. The molecule has 0 amide bonds. The molecule has 43 heavy (non-hydrogen) atoms. The Bertz CT molecular complexity index is 2520. The highest BCUT2D eigenvalue weighted by Crippen LogP contribution is 2.50. The van der Waals surface area contributed by atoms with Crippen molar-refractivity contribution in [3.8, 4) is 56.0 Å². The van der Waals surface area contributed by atoms with Crippen LogP contribution in [0.4, 0.5) is 0 Å². The number of rotatable bonds is 3. The molecule has 0 aromatic heterocycles. The van der Waals surface area contributed by atoms with Crippen LogP contribution in [0, 0.1) is 0 Å². The smallest absolute Gasteiger partial charge is 0.135 e. The van der Waals surface area contributed by atoms with E-state index in [0.717, 1.165) is 55.7 Å². The van der Waals surface area contributed by atoms with Crippen LogP contribution in [0.3, 0.4) is 0 Å². The highest BCUT2D eigenvalue weighted by atomic mass is 16.5. The molecule has 0 bridgehead atoms. The topological polar surface area (TPSA) is 9.23 Å². The van der Waals surface area contributed by atoms with Gasteiger partial charge in [-0.2, -0.15) is 0 Å². The summed E-state index contributed by atoms with van der Waals surface area (Å²) in [5.74, 6) is 1.55. The first kappa shape index (κ1) is 20.3. The fourth-order valence-corrected chi connectivity index (χ4v) is 6.68. The van der Waals surface area contributed by atoms with Gasteiger partial charge in [0.1, 0.15) is 11.5 Å². The van der Waals surface area contributed by atoms with E-state index in [9.17, 15) is 5.48 Å². The van der Waals surface area contributed by atoms with E-state index in [-0.39, 0.29) is 24.2 Å². The van der Waals surface area contributed by atoms with E-state index < -0.39 is 0 Å². The van der Waals surface area contributed by atoms with Gasteiger partial charge in [0.15, 0.2) is 0 Å². The van der Waals surface area contributed by atoms with Gasteiger partial charge in [-0.25, -0.2) is 0 Å². The van der Waals surface area contributed by atoms with E-state index >= 15 is 0 Å². The Morgan fingerprint density at radius 1 is 0.395 bits per heavy atom. The Morgan fingerprint density at radius 2 is 1.00 bits per heavy atom. The van der Waals surface area contributed by atoms with E-state index in [2.05, 4.69) is 48.5 Å². The highest BCUT2D eigenvalue weighted by molar-refractivity contribution is 6.22. The molecule has 8 aromatic rings. The molecule has 0 unspecified atom stereocenters. The van der Waals surface area contributed by atoms with Crippen LogP contribution in [0.5, 0.6) is 11.5 Å². The minimum Gasteiger partial charge on any atom is -0.456 e. The molecule has 0 spiro atoms. The normalized spacial score (nSPS) is 13.2. The molecule has 1 aliphatic rings. The molecule has 0 fully saturated rings. The van der Waals surface area contributed by atoms with Gasteiger partial charge in [-0.15, -0.1) is 0 Å². The van der Waals surface area contributed by atoms with Gasteiger partial charge < -0.3 is 4.74 Å². The van der Waals surface area contributed by atoms with Gasteiger partial charge in [0.05, 0.1) is 5.48 Å². The van der Waals surface area contributed by atoms with E-state index in [1.54, 1.807) is 24.3 Å². The van der Waals surface area contributed by atoms with Crippen molar-refractivity contribution >= 4 is 32.3 Å². The van der Waals surface area contributed by atoms with E-state index in [0.29, 0.717) is 32.7 Å². The predicted octanol–water partition coefficient (Wildman–Crippen LogP) is 11.9. The standard InChI is InChI=1S/C42H26O/c1-2-12-27(13-3-1)30-16-4-5-17-31(30)42-34-20-8-6-18-32(34)40(33-19-7-9-21-35(33)42)29-24-25-38-37(26-29)36-22-10-14-28-15-11-23-39(43-38)41(28)36/h1-26H/i18D,19D,20D,21D. The van der Waals surface area contributed by atoms with Crippen molar-refractivity contribution in [3.63, 3.8) is 0 Å². The summed E-state index contributed by atoms with van der Waals surface area (Å²) in [6, 6.07) is 44.2. The Balaban J connectivity index is 1.44. The maximum Gasteiger partial charge on any atom is 0.135 e. The molecule has 0 radical (unpaired) electrons. The van der Waals surface area contributed by atoms with Crippen molar-refractivity contribution in [2.75, 3.05) is 0 Å². The van der Waals surface area contributed by atoms with Crippen LogP contribution in [-0.4, -0.2) is 0 Å². The van der Waals surface area contributed by atoms with Gasteiger partial charge in [-0.3, -0.25) is 0 Å². The maximum absolute atomic E-state index is 9.29. The van der Waals surface area contributed by atoms with Gasteiger partial charge in [0, 0.05) is 10.9 Å². The maximum atomic E-state index is 9.29. The molecule has 1 heteroatoms. The van der Waals surface area contributed by atoms with Crippen molar-refractivity contribution in [3.05, 3.63) is 158 Å². The second kappa shape index (κ2) is 9.44. The zero-order chi connectivity index (χ0) is 31.8. The zero-order valence-electron chi connectivity index (χ0n) is 27.1. The Hall–Kier alpha value is -5.66. The molecule has 0 N–H and O–H groups in total. The zero-order valence-corrected chi connectivity index (χ0v) is 23.1. The number of ether oxygens (including phenoxy) is 1. The summed E-state index contributed by atoms with van der Waals surface area (Å²) < 4.78 is 43.5. The Morgan fingerprint density at radius 3 is 1.72 bits per heavy atom. The quantitative estimate of drug-likeness (QED) is 0.199. The Kier molecular flexibility index (Phi) is 4.45. The number of hydrogen-bond acceptors (Lipinski definition) is 1. The first-order chi connectivity index (χ1) is 23.0. The monoisotopic (exact) mass is 550 g/mol. The molecular weight excluding hydrogens is 520 g/mol.